The Kier molecular flexibility index (Phi) is 5.20. The number of hydrogen-bond acceptors (Lipinski definition) is 4. The minimum atomic E-state index is -0.451. The van der Waals surface area contributed by atoms with Gasteiger partial charge in [-0.05, 0) is 19.3 Å². The number of rotatable bonds is 4. The van der Waals surface area contributed by atoms with Crippen LogP contribution in [-0.2, 0) is 9.47 Å². The molecule has 0 amide bonds. The second kappa shape index (κ2) is 6.52. The highest BCUT2D eigenvalue weighted by Crippen LogP contribution is 2.16. The molecule has 0 aromatic heterocycles. The maximum absolute atomic E-state index is 8.44. The van der Waals surface area contributed by atoms with Crippen molar-refractivity contribution in [3.05, 3.63) is 0 Å². The van der Waals surface area contributed by atoms with Gasteiger partial charge in [-0.25, -0.2) is 4.99 Å². The molecule has 0 aromatic carbocycles. The highest BCUT2D eigenvalue weighted by Gasteiger charge is 2.21. The summed E-state index contributed by atoms with van der Waals surface area (Å²) in [7, 11) is 0. The second-order valence-corrected chi connectivity index (χ2v) is 3.16. The fraction of sp³-hybridized carbons (Fsp3) is 0.800. The van der Waals surface area contributed by atoms with Crippen molar-refractivity contribution >= 4 is 6.21 Å². The van der Waals surface area contributed by atoms with Gasteiger partial charge in [-0.15, -0.1) is 0 Å². The summed E-state index contributed by atoms with van der Waals surface area (Å²) in [5.74, 6) is 0. The zero-order chi connectivity index (χ0) is 10.2. The van der Waals surface area contributed by atoms with E-state index < -0.39 is 6.41 Å². The van der Waals surface area contributed by atoms with Gasteiger partial charge < -0.3 is 9.47 Å². The van der Waals surface area contributed by atoms with Crippen LogP contribution in [0.4, 0.5) is 0 Å². The SMILES string of the molecule is CCC=NC1OCCC(CCC#N)O1. The van der Waals surface area contributed by atoms with Crippen LogP contribution in [0.1, 0.15) is 32.6 Å². The monoisotopic (exact) mass is 196 g/mol. The van der Waals surface area contributed by atoms with Crippen LogP contribution in [0.5, 0.6) is 0 Å². The minimum Gasteiger partial charge on any atom is -0.334 e. The molecule has 1 aliphatic heterocycles. The first kappa shape index (κ1) is 11.2. The zero-order valence-corrected chi connectivity index (χ0v) is 8.48. The van der Waals surface area contributed by atoms with E-state index in [1.54, 1.807) is 6.21 Å². The zero-order valence-electron chi connectivity index (χ0n) is 8.48. The van der Waals surface area contributed by atoms with Crippen molar-refractivity contribution in [2.75, 3.05) is 6.61 Å². The Morgan fingerprint density at radius 2 is 2.50 bits per heavy atom. The summed E-state index contributed by atoms with van der Waals surface area (Å²) in [5, 5.41) is 8.44. The summed E-state index contributed by atoms with van der Waals surface area (Å²) in [6, 6.07) is 2.11. The minimum absolute atomic E-state index is 0.127. The Labute approximate surface area is 84.5 Å². The molecule has 0 bridgehead atoms. The van der Waals surface area contributed by atoms with Gasteiger partial charge in [-0.1, -0.05) is 6.92 Å². The lowest BCUT2D eigenvalue weighted by Gasteiger charge is -2.27. The fourth-order valence-electron chi connectivity index (χ4n) is 1.28. The van der Waals surface area contributed by atoms with Crippen LogP contribution in [0.15, 0.2) is 4.99 Å². The first-order chi connectivity index (χ1) is 6.86. The first-order valence-electron chi connectivity index (χ1n) is 5.02. The summed E-state index contributed by atoms with van der Waals surface area (Å²) in [4.78, 5) is 4.11. The van der Waals surface area contributed by atoms with E-state index in [1.165, 1.54) is 0 Å². The van der Waals surface area contributed by atoms with Crippen LogP contribution in [0.2, 0.25) is 0 Å². The van der Waals surface area contributed by atoms with Crippen molar-refractivity contribution in [2.45, 2.75) is 45.1 Å². The van der Waals surface area contributed by atoms with E-state index in [9.17, 15) is 0 Å². The molecule has 2 atom stereocenters. The Bertz CT molecular complexity index is 223. The van der Waals surface area contributed by atoms with E-state index in [-0.39, 0.29) is 6.10 Å². The molecule has 0 saturated carbocycles. The lowest BCUT2D eigenvalue weighted by Crippen LogP contribution is -2.31. The third-order valence-corrected chi connectivity index (χ3v) is 2.00. The van der Waals surface area contributed by atoms with Crippen LogP contribution >= 0.6 is 0 Å². The van der Waals surface area contributed by atoms with Crippen LogP contribution in [0, 0.1) is 11.3 Å². The Balaban J connectivity index is 2.29. The molecule has 0 N–H and O–H groups in total. The van der Waals surface area contributed by atoms with Crippen molar-refractivity contribution in [1.29, 1.82) is 5.26 Å². The lowest BCUT2D eigenvalue weighted by molar-refractivity contribution is -0.207. The molecule has 0 aromatic rings. The molecule has 4 nitrogen and oxygen atoms in total. The topological polar surface area (TPSA) is 54.6 Å². The molecule has 1 fully saturated rings. The number of ether oxygens (including phenoxy) is 2. The quantitative estimate of drug-likeness (QED) is 0.645. The molecule has 1 heterocycles. The average molecular weight is 196 g/mol. The summed E-state index contributed by atoms with van der Waals surface area (Å²) < 4.78 is 10.8. The molecule has 14 heavy (non-hydrogen) atoms. The van der Waals surface area contributed by atoms with E-state index >= 15 is 0 Å². The highest BCUT2D eigenvalue weighted by molar-refractivity contribution is 5.56. The molecule has 0 spiro atoms. The molecule has 0 radical (unpaired) electrons. The number of nitrogens with zero attached hydrogens (tertiary/aromatic N) is 2. The molecule has 1 aliphatic rings. The molecule has 1 rings (SSSR count). The lowest BCUT2D eigenvalue weighted by atomic mass is 10.1. The second-order valence-electron chi connectivity index (χ2n) is 3.16. The van der Waals surface area contributed by atoms with Crippen LogP contribution in [0.25, 0.3) is 0 Å². The maximum Gasteiger partial charge on any atom is 0.258 e. The molecule has 78 valence electrons. The van der Waals surface area contributed by atoms with Gasteiger partial charge >= 0.3 is 0 Å². The van der Waals surface area contributed by atoms with Crippen molar-refractivity contribution in [2.24, 2.45) is 4.99 Å². The third kappa shape index (κ3) is 3.86. The first-order valence-corrected chi connectivity index (χ1v) is 5.02. The van der Waals surface area contributed by atoms with Gasteiger partial charge in [0.05, 0.1) is 18.8 Å². The maximum atomic E-state index is 8.44. The summed E-state index contributed by atoms with van der Waals surface area (Å²) >= 11 is 0. The fourth-order valence-corrected chi connectivity index (χ4v) is 1.28. The smallest absolute Gasteiger partial charge is 0.258 e. The highest BCUT2D eigenvalue weighted by atomic mass is 16.7. The van der Waals surface area contributed by atoms with Gasteiger partial charge in [-0.2, -0.15) is 5.26 Å². The Morgan fingerprint density at radius 3 is 3.21 bits per heavy atom. The normalized spacial score (nSPS) is 27.7. The van der Waals surface area contributed by atoms with E-state index in [2.05, 4.69) is 11.1 Å². The number of hydrogen-bond donors (Lipinski definition) is 0. The Morgan fingerprint density at radius 1 is 1.64 bits per heavy atom. The van der Waals surface area contributed by atoms with Crippen LogP contribution < -0.4 is 0 Å². The Hall–Kier alpha value is -0.920. The van der Waals surface area contributed by atoms with Crippen molar-refractivity contribution in [3.8, 4) is 6.07 Å². The van der Waals surface area contributed by atoms with Crippen LogP contribution in [0.3, 0.4) is 0 Å². The van der Waals surface area contributed by atoms with Gasteiger partial charge in [0, 0.05) is 12.6 Å². The predicted octanol–water partition coefficient (Wildman–Crippen LogP) is 1.86. The molecule has 1 saturated heterocycles. The van der Waals surface area contributed by atoms with Gasteiger partial charge in [0.2, 0.25) is 0 Å². The van der Waals surface area contributed by atoms with Gasteiger partial charge in [0.1, 0.15) is 0 Å². The summed E-state index contributed by atoms with van der Waals surface area (Å²) in [5.41, 5.74) is 0. The summed E-state index contributed by atoms with van der Waals surface area (Å²) in [6.45, 7) is 2.68. The van der Waals surface area contributed by atoms with Gasteiger partial charge in [0.25, 0.3) is 6.41 Å². The standard InChI is InChI=1S/C10H16N2O2/c1-2-7-12-10-13-8-5-9(14-10)4-3-6-11/h7,9-10H,2-5,8H2,1H3. The molecule has 2 unspecified atom stereocenters. The van der Waals surface area contributed by atoms with E-state index in [0.29, 0.717) is 13.0 Å². The van der Waals surface area contributed by atoms with Gasteiger partial charge in [0.15, 0.2) is 0 Å². The number of nitriles is 1. The molecular formula is C10H16N2O2. The number of aliphatic imine (C=N–C) groups is 1. The van der Waals surface area contributed by atoms with Gasteiger partial charge in [-0.3, -0.25) is 0 Å². The molecule has 0 aliphatic carbocycles. The van der Waals surface area contributed by atoms with Crippen LogP contribution in [-0.4, -0.2) is 25.3 Å². The van der Waals surface area contributed by atoms with E-state index in [4.69, 9.17) is 14.7 Å². The van der Waals surface area contributed by atoms with Crippen molar-refractivity contribution in [3.63, 3.8) is 0 Å². The van der Waals surface area contributed by atoms with Crippen molar-refractivity contribution in [1.82, 2.24) is 0 Å². The average Bonchev–Trinajstić information content (AvgIpc) is 2.24. The van der Waals surface area contributed by atoms with E-state index in [0.717, 1.165) is 19.3 Å². The van der Waals surface area contributed by atoms with Crippen molar-refractivity contribution < 1.29 is 9.47 Å². The van der Waals surface area contributed by atoms with E-state index in [1.807, 2.05) is 6.92 Å². The third-order valence-electron chi connectivity index (χ3n) is 2.00. The molecule has 4 heteroatoms. The molecular weight excluding hydrogens is 180 g/mol. The predicted molar refractivity (Wildman–Crippen MR) is 52.9 cm³/mol. The summed E-state index contributed by atoms with van der Waals surface area (Å²) in [6.07, 6.45) is 4.52. The largest absolute Gasteiger partial charge is 0.334 e.